The van der Waals surface area contributed by atoms with Crippen LogP contribution in [0.1, 0.15) is 49.4 Å². The summed E-state index contributed by atoms with van der Waals surface area (Å²) in [5, 5.41) is 10.0. The van der Waals surface area contributed by atoms with Gasteiger partial charge in [-0.15, -0.1) is 0 Å². The molecule has 1 aromatic heterocycles. The minimum Gasteiger partial charge on any atom is -0.493 e. The number of likely N-dealkylation sites (tertiary alicyclic amines) is 1. The fraction of sp³-hybridized carbons (Fsp3) is 0.700. The molecule has 3 aliphatic carbocycles. The number of fused-ring (bicyclic) bond motifs is 2. The van der Waals surface area contributed by atoms with Crippen LogP contribution in [0.15, 0.2) is 15.4 Å². The number of aliphatic hydroxyl groups excluding tert-OH is 1. The number of nitrogens with zero attached hydrogens (tertiary/aromatic N) is 2. The molecule has 5 atom stereocenters. The van der Waals surface area contributed by atoms with Crippen molar-refractivity contribution in [2.45, 2.75) is 56.2 Å². The molecule has 0 amide bonds. The Kier molecular flexibility index (Phi) is 4.28. The largest absolute Gasteiger partial charge is 0.493 e. The number of nitrogens with one attached hydrogen (secondary N) is 1. The lowest BCUT2D eigenvalue weighted by Crippen LogP contribution is -2.47. The van der Waals surface area contributed by atoms with Crippen molar-refractivity contribution in [3.63, 3.8) is 0 Å². The number of methoxy groups -OCH3 is 1. The summed E-state index contributed by atoms with van der Waals surface area (Å²) in [5.74, 6) is -5.63. The number of ether oxygens (including phenoxy) is 1. The number of H-pyrrole nitrogens is 1. The minimum absolute atomic E-state index is 0.0243. The van der Waals surface area contributed by atoms with E-state index in [0.717, 1.165) is 12.8 Å². The molecule has 5 unspecified atom stereocenters. The average Bonchev–Trinajstić information content (AvgIpc) is 3.38. The van der Waals surface area contributed by atoms with E-state index in [1.165, 1.54) is 11.7 Å². The number of aromatic nitrogens is 2. The first-order valence-electron chi connectivity index (χ1n) is 10.3. The topological polar surface area (TPSA) is 87.6 Å². The molecule has 4 aliphatic rings. The predicted octanol–water partition coefficient (Wildman–Crippen LogP) is 1.59. The monoisotopic (exact) mass is 427 g/mol. The van der Waals surface area contributed by atoms with Crippen LogP contribution in [-0.2, 0) is 4.74 Å². The number of alkyl halides is 2. The van der Waals surface area contributed by atoms with Crippen molar-refractivity contribution in [2.75, 3.05) is 20.2 Å². The standard InChI is InChI=1S/C20H24F3N3O4/c1-8-14-12(18(28)24-19(29)26(14)10-3-4-10)16(30-2)13(21)15(8)25-6-9-5-20(22,23)17(27)11(9)7-25/h8-11,15,17,27H,3-7H2,1-2H3,(H,24,28,29). The molecule has 2 heterocycles. The van der Waals surface area contributed by atoms with Gasteiger partial charge in [0.05, 0.1) is 13.2 Å². The molecule has 2 N–H and O–H groups in total. The third-order valence-electron chi connectivity index (χ3n) is 7.19. The van der Waals surface area contributed by atoms with Gasteiger partial charge in [0.15, 0.2) is 11.6 Å². The number of aromatic amines is 1. The normalized spacial score (nSPS) is 35.5. The van der Waals surface area contributed by atoms with Gasteiger partial charge in [0.25, 0.3) is 11.5 Å². The van der Waals surface area contributed by atoms with E-state index >= 15 is 4.39 Å². The molecule has 0 bridgehead atoms. The molecular formula is C20H24F3N3O4. The Hall–Kier alpha value is -2.07. The molecule has 1 saturated heterocycles. The second kappa shape index (κ2) is 6.46. The van der Waals surface area contributed by atoms with Crippen LogP contribution in [0.5, 0.6) is 0 Å². The number of halogens is 3. The van der Waals surface area contributed by atoms with Crippen molar-refractivity contribution >= 4 is 5.76 Å². The zero-order valence-corrected chi connectivity index (χ0v) is 16.7. The molecule has 0 radical (unpaired) electrons. The maximum Gasteiger partial charge on any atom is 0.328 e. The minimum atomic E-state index is -3.13. The summed E-state index contributed by atoms with van der Waals surface area (Å²) in [4.78, 5) is 29.1. The van der Waals surface area contributed by atoms with Gasteiger partial charge in [-0.05, 0) is 18.8 Å². The number of aliphatic hydroxyl groups is 1. The van der Waals surface area contributed by atoms with Crippen LogP contribution in [0, 0.1) is 11.8 Å². The molecule has 3 fully saturated rings. The van der Waals surface area contributed by atoms with Gasteiger partial charge in [-0.25, -0.2) is 18.0 Å². The lowest BCUT2D eigenvalue weighted by molar-refractivity contribution is -0.101. The van der Waals surface area contributed by atoms with Crippen LogP contribution >= 0.6 is 0 Å². The van der Waals surface area contributed by atoms with E-state index in [0.29, 0.717) is 5.69 Å². The molecule has 10 heteroatoms. The zero-order chi connectivity index (χ0) is 21.5. The third-order valence-corrected chi connectivity index (χ3v) is 7.19. The van der Waals surface area contributed by atoms with Gasteiger partial charge in [0.2, 0.25) is 0 Å². The van der Waals surface area contributed by atoms with Gasteiger partial charge in [-0.2, -0.15) is 0 Å². The molecule has 2 saturated carbocycles. The summed E-state index contributed by atoms with van der Waals surface area (Å²) < 4.78 is 50.2. The number of hydrogen-bond donors (Lipinski definition) is 2. The quantitative estimate of drug-likeness (QED) is 0.765. The average molecular weight is 427 g/mol. The fourth-order valence-electron chi connectivity index (χ4n) is 5.74. The van der Waals surface area contributed by atoms with Gasteiger partial charge >= 0.3 is 5.69 Å². The summed E-state index contributed by atoms with van der Waals surface area (Å²) in [7, 11) is 1.26. The Morgan fingerprint density at radius 2 is 1.93 bits per heavy atom. The van der Waals surface area contributed by atoms with Crippen molar-refractivity contribution in [1.29, 1.82) is 0 Å². The molecule has 0 aromatic carbocycles. The Labute approximate surface area is 170 Å². The lowest BCUT2D eigenvalue weighted by atomic mass is 9.85. The summed E-state index contributed by atoms with van der Waals surface area (Å²) in [6, 6.07) is -0.908. The van der Waals surface area contributed by atoms with Gasteiger partial charge in [0, 0.05) is 43.1 Å². The first kappa shape index (κ1) is 19.9. The molecule has 30 heavy (non-hydrogen) atoms. The van der Waals surface area contributed by atoms with Crippen LogP contribution in [0.4, 0.5) is 13.2 Å². The van der Waals surface area contributed by atoms with Crippen LogP contribution in [0.3, 0.4) is 0 Å². The number of rotatable bonds is 3. The van der Waals surface area contributed by atoms with Crippen molar-refractivity contribution in [2.24, 2.45) is 11.8 Å². The maximum atomic E-state index is 15.6. The Balaban J connectivity index is 1.59. The number of hydrogen-bond acceptors (Lipinski definition) is 5. The van der Waals surface area contributed by atoms with E-state index in [9.17, 15) is 23.5 Å². The summed E-state index contributed by atoms with van der Waals surface area (Å²) in [6.45, 7) is 2.07. The summed E-state index contributed by atoms with van der Waals surface area (Å²) in [6.07, 6.45) is -0.596. The van der Waals surface area contributed by atoms with E-state index in [-0.39, 0.29) is 30.5 Å². The highest BCUT2D eigenvalue weighted by molar-refractivity contribution is 5.67. The van der Waals surface area contributed by atoms with Gasteiger partial charge in [0.1, 0.15) is 11.7 Å². The maximum absolute atomic E-state index is 15.6. The zero-order valence-electron chi connectivity index (χ0n) is 16.7. The van der Waals surface area contributed by atoms with E-state index in [2.05, 4.69) is 4.98 Å². The van der Waals surface area contributed by atoms with E-state index < -0.39 is 59.3 Å². The first-order valence-corrected chi connectivity index (χ1v) is 10.3. The summed E-state index contributed by atoms with van der Waals surface area (Å²) in [5.41, 5.74) is -0.774. The van der Waals surface area contributed by atoms with Crippen LogP contribution < -0.4 is 11.2 Å². The smallest absolute Gasteiger partial charge is 0.328 e. The van der Waals surface area contributed by atoms with Gasteiger partial charge in [-0.1, -0.05) is 6.92 Å². The third kappa shape index (κ3) is 2.65. The Morgan fingerprint density at radius 3 is 2.53 bits per heavy atom. The molecule has 0 spiro atoms. The Morgan fingerprint density at radius 1 is 1.23 bits per heavy atom. The second-order valence-electron chi connectivity index (χ2n) is 9.02. The van der Waals surface area contributed by atoms with E-state index in [1.807, 2.05) is 0 Å². The SMILES string of the molecule is COC1=C(F)C(N2CC3CC(F)(F)C(O)C3C2)C(C)c2c1c(=O)[nH]c(=O)n2C1CC1. The van der Waals surface area contributed by atoms with Crippen LogP contribution in [-0.4, -0.2) is 57.8 Å². The predicted molar refractivity (Wildman–Crippen MR) is 101 cm³/mol. The molecular weight excluding hydrogens is 403 g/mol. The highest BCUT2D eigenvalue weighted by atomic mass is 19.3. The van der Waals surface area contributed by atoms with Crippen LogP contribution in [0.25, 0.3) is 5.76 Å². The fourth-order valence-corrected chi connectivity index (χ4v) is 5.74. The summed E-state index contributed by atoms with van der Waals surface area (Å²) >= 11 is 0. The van der Waals surface area contributed by atoms with E-state index in [4.69, 9.17) is 4.74 Å². The van der Waals surface area contributed by atoms with Crippen LogP contribution in [0.2, 0.25) is 0 Å². The molecule has 7 nitrogen and oxygen atoms in total. The lowest BCUT2D eigenvalue weighted by Gasteiger charge is -2.38. The molecule has 1 aromatic rings. The van der Waals surface area contributed by atoms with E-state index in [1.54, 1.807) is 11.8 Å². The van der Waals surface area contributed by atoms with Crippen molar-refractivity contribution in [3.8, 4) is 0 Å². The highest BCUT2D eigenvalue weighted by Crippen LogP contribution is 2.50. The van der Waals surface area contributed by atoms with Gasteiger partial charge < -0.3 is 9.84 Å². The van der Waals surface area contributed by atoms with Crippen molar-refractivity contribution in [1.82, 2.24) is 14.5 Å². The van der Waals surface area contributed by atoms with Crippen molar-refractivity contribution < 1.29 is 23.0 Å². The molecule has 164 valence electrons. The Bertz CT molecular complexity index is 1040. The van der Waals surface area contributed by atoms with Gasteiger partial charge in [-0.3, -0.25) is 19.2 Å². The molecule has 5 rings (SSSR count). The first-order chi connectivity index (χ1) is 14.2. The molecule has 1 aliphatic heterocycles. The second-order valence-corrected chi connectivity index (χ2v) is 9.02. The van der Waals surface area contributed by atoms with Crippen molar-refractivity contribution in [3.05, 3.63) is 37.9 Å². The highest BCUT2D eigenvalue weighted by Gasteiger charge is 2.59.